The summed E-state index contributed by atoms with van der Waals surface area (Å²) >= 11 is 0. The van der Waals surface area contributed by atoms with Crippen molar-refractivity contribution in [3.05, 3.63) is 41.5 Å². The summed E-state index contributed by atoms with van der Waals surface area (Å²) in [7, 11) is 0. The largest absolute Gasteiger partial charge is 0.393 e. The minimum Gasteiger partial charge on any atom is -0.393 e. The summed E-state index contributed by atoms with van der Waals surface area (Å²) in [5, 5.41) is 21.9. The first-order valence-electron chi connectivity index (χ1n) is 12.8. The molecule has 0 bridgehead atoms. The number of rotatable bonds is 4. The van der Waals surface area contributed by atoms with E-state index in [-0.39, 0.29) is 16.9 Å². The third-order valence-electron chi connectivity index (χ3n) is 10.5. The highest BCUT2D eigenvalue weighted by Gasteiger charge is 2.61. The SMILES string of the molecule is CC(O)(CCc1ccc(F)nc1)[C@H]1CC[C@H]2[C@@H]3CC=C4C[C@@H](O)CC[C@]4(C)[C@H]3CC[C@]12C. The molecule has 1 heterocycles. The van der Waals surface area contributed by atoms with Gasteiger partial charge in [0.2, 0.25) is 5.95 Å². The molecule has 5 rings (SSSR count). The Labute approximate surface area is 192 Å². The summed E-state index contributed by atoms with van der Waals surface area (Å²) in [5.41, 5.74) is 2.24. The molecule has 8 atom stereocenters. The van der Waals surface area contributed by atoms with Gasteiger partial charge in [0.05, 0.1) is 11.7 Å². The van der Waals surface area contributed by atoms with Crippen LogP contribution in [0, 0.1) is 40.4 Å². The second-order valence-corrected chi connectivity index (χ2v) is 12.2. The number of aromatic nitrogens is 1. The quantitative estimate of drug-likeness (QED) is 0.456. The molecule has 2 N–H and O–H groups in total. The third kappa shape index (κ3) is 3.57. The van der Waals surface area contributed by atoms with Crippen LogP contribution in [0.25, 0.3) is 0 Å². The van der Waals surface area contributed by atoms with Gasteiger partial charge in [0, 0.05) is 6.20 Å². The fourth-order valence-electron chi connectivity index (χ4n) is 8.79. The van der Waals surface area contributed by atoms with E-state index < -0.39 is 11.5 Å². The van der Waals surface area contributed by atoms with Crippen LogP contribution in [0.4, 0.5) is 4.39 Å². The molecule has 0 aromatic carbocycles. The Morgan fingerprint density at radius 3 is 2.69 bits per heavy atom. The molecular weight excluding hydrogens is 401 g/mol. The monoisotopic (exact) mass is 441 g/mol. The fourth-order valence-corrected chi connectivity index (χ4v) is 8.79. The van der Waals surface area contributed by atoms with Crippen LogP contribution in [0.3, 0.4) is 0 Å². The highest BCUT2D eigenvalue weighted by atomic mass is 19.1. The summed E-state index contributed by atoms with van der Waals surface area (Å²) in [6.45, 7) is 6.98. The molecule has 0 amide bonds. The minimum absolute atomic E-state index is 0.151. The zero-order valence-electron chi connectivity index (χ0n) is 20.0. The smallest absolute Gasteiger partial charge is 0.212 e. The number of hydrogen-bond donors (Lipinski definition) is 2. The lowest BCUT2D eigenvalue weighted by Crippen LogP contribution is -2.53. The number of hydrogen-bond acceptors (Lipinski definition) is 3. The van der Waals surface area contributed by atoms with Crippen LogP contribution < -0.4 is 0 Å². The zero-order chi connectivity index (χ0) is 22.7. The highest BCUT2D eigenvalue weighted by Crippen LogP contribution is 2.67. The van der Waals surface area contributed by atoms with Gasteiger partial charge in [-0.15, -0.1) is 0 Å². The van der Waals surface area contributed by atoms with Gasteiger partial charge in [0.25, 0.3) is 0 Å². The topological polar surface area (TPSA) is 53.4 Å². The van der Waals surface area contributed by atoms with Crippen LogP contribution in [0.15, 0.2) is 30.0 Å². The van der Waals surface area contributed by atoms with E-state index in [4.69, 9.17) is 0 Å². The first kappa shape index (κ1) is 22.5. The van der Waals surface area contributed by atoms with Crippen molar-refractivity contribution in [3.8, 4) is 0 Å². The van der Waals surface area contributed by atoms with Gasteiger partial charge < -0.3 is 10.2 Å². The molecule has 1 aromatic heterocycles. The van der Waals surface area contributed by atoms with Crippen LogP contribution in [0.5, 0.6) is 0 Å². The second-order valence-electron chi connectivity index (χ2n) is 12.2. The van der Waals surface area contributed by atoms with E-state index in [2.05, 4.69) is 24.9 Å². The van der Waals surface area contributed by atoms with E-state index in [0.29, 0.717) is 24.2 Å². The Bertz CT molecular complexity index is 880. The molecule has 4 heteroatoms. The number of aliphatic hydroxyl groups is 2. The van der Waals surface area contributed by atoms with Gasteiger partial charge in [0.1, 0.15) is 0 Å². The molecule has 0 aliphatic heterocycles. The third-order valence-corrected chi connectivity index (χ3v) is 10.5. The van der Waals surface area contributed by atoms with Crippen molar-refractivity contribution in [3.63, 3.8) is 0 Å². The predicted octanol–water partition coefficient (Wildman–Crippen LogP) is 5.84. The molecule has 4 aliphatic rings. The molecule has 0 radical (unpaired) electrons. The van der Waals surface area contributed by atoms with Gasteiger partial charge >= 0.3 is 0 Å². The standard InChI is InChI=1S/C28H40FNO2/c1-26-13-11-20(31)16-19(26)5-6-21-22-7-8-24(27(22,2)14-12-23(21)26)28(3,32)15-10-18-4-9-25(29)30-17-18/h4-5,9,17,20-24,31-32H,6-8,10-16H2,1-3H3/t20-,21-,22-,23-,24-,26-,27-,28?/m0/s1. The molecular formula is C28H40FNO2. The Hall–Kier alpha value is -1.26. The normalized spacial score (nSPS) is 42.9. The lowest BCUT2D eigenvalue weighted by atomic mass is 9.46. The van der Waals surface area contributed by atoms with Crippen LogP contribution >= 0.6 is 0 Å². The number of allylic oxidation sites excluding steroid dienone is 1. The van der Waals surface area contributed by atoms with E-state index in [1.165, 1.54) is 30.9 Å². The maximum absolute atomic E-state index is 13.2. The molecule has 4 aliphatic carbocycles. The van der Waals surface area contributed by atoms with Crippen molar-refractivity contribution in [2.45, 2.75) is 96.7 Å². The Kier molecular flexibility index (Phi) is 5.57. The summed E-state index contributed by atoms with van der Waals surface area (Å²) in [5.74, 6) is 1.96. The van der Waals surface area contributed by atoms with Gasteiger partial charge in [-0.25, -0.2) is 4.98 Å². The van der Waals surface area contributed by atoms with Crippen molar-refractivity contribution in [2.75, 3.05) is 0 Å². The maximum Gasteiger partial charge on any atom is 0.212 e. The van der Waals surface area contributed by atoms with Gasteiger partial charge in [-0.2, -0.15) is 4.39 Å². The number of aryl methyl sites for hydroxylation is 1. The molecule has 32 heavy (non-hydrogen) atoms. The molecule has 3 fully saturated rings. The van der Waals surface area contributed by atoms with E-state index in [1.54, 1.807) is 12.3 Å². The number of nitrogens with zero attached hydrogens (tertiary/aromatic N) is 1. The zero-order valence-corrected chi connectivity index (χ0v) is 20.0. The molecule has 3 saturated carbocycles. The first-order chi connectivity index (χ1) is 15.1. The van der Waals surface area contributed by atoms with Crippen molar-refractivity contribution in [1.82, 2.24) is 4.98 Å². The minimum atomic E-state index is -0.723. The van der Waals surface area contributed by atoms with Gasteiger partial charge in [-0.05, 0) is 117 Å². The second kappa shape index (κ2) is 7.91. The van der Waals surface area contributed by atoms with Gasteiger partial charge in [0.15, 0.2) is 0 Å². The van der Waals surface area contributed by atoms with E-state index in [9.17, 15) is 14.6 Å². The summed E-state index contributed by atoms with van der Waals surface area (Å²) in [4.78, 5) is 3.78. The molecule has 3 nitrogen and oxygen atoms in total. The van der Waals surface area contributed by atoms with Gasteiger partial charge in [-0.1, -0.05) is 31.6 Å². The van der Waals surface area contributed by atoms with Crippen LogP contribution in [0.1, 0.15) is 84.1 Å². The maximum atomic E-state index is 13.2. The molecule has 1 unspecified atom stereocenters. The Morgan fingerprint density at radius 2 is 1.94 bits per heavy atom. The van der Waals surface area contributed by atoms with Gasteiger partial charge in [-0.3, -0.25) is 0 Å². The fraction of sp³-hybridized carbons (Fsp3) is 0.750. The average molecular weight is 442 g/mol. The predicted molar refractivity (Wildman–Crippen MR) is 124 cm³/mol. The number of fused-ring (bicyclic) bond motifs is 5. The van der Waals surface area contributed by atoms with E-state index in [1.807, 2.05) is 6.92 Å². The van der Waals surface area contributed by atoms with Crippen molar-refractivity contribution in [2.24, 2.45) is 34.5 Å². The van der Waals surface area contributed by atoms with E-state index >= 15 is 0 Å². The molecule has 1 aromatic rings. The highest BCUT2D eigenvalue weighted by molar-refractivity contribution is 5.25. The molecule has 0 saturated heterocycles. The number of aliphatic hydroxyl groups excluding tert-OH is 1. The number of halogens is 1. The van der Waals surface area contributed by atoms with Crippen LogP contribution in [-0.2, 0) is 6.42 Å². The molecule has 0 spiro atoms. The summed E-state index contributed by atoms with van der Waals surface area (Å²) < 4.78 is 13.2. The molecule has 176 valence electrons. The first-order valence-corrected chi connectivity index (χ1v) is 12.8. The van der Waals surface area contributed by atoms with Crippen LogP contribution in [0.2, 0.25) is 0 Å². The van der Waals surface area contributed by atoms with Crippen molar-refractivity contribution < 1.29 is 14.6 Å². The Morgan fingerprint density at radius 1 is 1.12 bits per heavy atom. The van der Waals surface area contributed by atoms with Crippen molar-refractivity contribution >= 4 is 0 Å². The summed E-state index contributed by atoms with van der Waals surface area (Å²) in [6.07, 6.45) is 14.2. The number of pyridine rings is 1. The lowest BCUT2D eigenvalue weighted by molar-refractivity contribution is -0.104. The summed E-state index contributed by atoms with van der Waals surface area (Å²) in [6, 6.07) is 3.20. The van der Waals surface area contributed by atoms with Crippen molar-refractivity contribution in [1.29, 1.82) is 0 Å². The van der Waals surface area contributed by atoms with E-state index in [0.717, 1.165) is 50.0 Å². The average Bonchev–Trinajstić information content (AvgIpc) is 3.12. The lowest BCUT2D eigenvalue weighted by Gasteiger charge is -2.59. The van der Waals surface area contributed by atoms with Crippen LogP contribution in [-0.4, -0.2) is 26.9 Å². The Balaban J connectivity index is 1.34.